The Labute approximate surface area is 182 Å². The van der Waals surface area contributed by atoms with Gasteiger partial charge in [0.2, 0.25) is 17.5 Å². The number of fused-ring (bicyclic) bond motifs is 3. The van der Waals surface area contributed by atoms with Crippen LogP contribution in [-0.4, -0.2) is 64.8 Å². The third kappa shape index (κ3) is 3.47. The molecule has 0 radical (unpaired) electrons. The van der Waals surface area contributed by atoms with E-state index in [4.69, 9.17) is 0 Å². The average molecular weight is 427 g/mol. The van der Waals surface area contributed by atoms with Crippen molar-refractivity contribution in [2.75, 3.05) is 24.5 Å². The second-order valence-electron chi connectivity index (χ2n) is 8.39. The van der Waals surface area contributed by atoms with E-state index in [1.165, 1.54) is 0 Å². The van der Waals surface area contributed by atoms with Crippen molar-refractivity contribution in [3.05, 3.63) is 29.8 Å². The summed E-state index contributed by atoms with van der Waals surface area (Å²) in [5, 5.41) is 2.93. The maximum Gasteiger partial charge on any atom is 0.267 e. The largest absolute Gasteiger partial charge is 0.352 e. The van der Waals surface area contributed by atoms with Crippen molar-refractivity contribution in [2.24, 2.45) is 0 Å². The number of hydrogen-bond acceptors (Lipinski definition) is 4. The van der Waals surface area contributed by atoms with Gasteiger partial charge >= 0.3 is 0 Å². The first-order chi connectivity index (χ1) is 15.0. The summed E-state index contributed by atoms with van der Waals surface area (Å²) in [5.41, 5.74) is -0.330. The summed E-state index contributed by atoms with van der Waals surface area (Å²) in [6, 6.07) is 7.00. The van der Waals surface area contributed by atoms with Crippen LogP contribution < -0.4 is 10.2 Å². The fraction of sp³-hybridized carbons (Fsp3) is 0.565. The van der Waals surface area contributed by atoms with Crippen LogP contribution in [0.25, 0.3) is 0 Å². The zero-order valence-corrected chi connectivity index (χ0v) is 18.2. The van der Waals surface area contributed by atoms with Crippen LogP contribution in [0, 0.1) is 0 Å². The van der Waals surface area contributed by atoms with Crippen molar-refractivity contribution < 1.29 is 19.2 Å². The molecule has 1 N–H and O–H groups in total. The number of nitrogens with zero attached hydrogens (tertiary/aromatic N) is 3. The first-order valence-corrected chi connectivity index (χ1v) is 11.3. The lowest BCUT2D eigenvalue weighted by Gasteiger charge is -2.49. The molecule has 31 heavy (non-hydrogen) atoms. The van der Waals surface area contributed by atoms with Crippen LogP contribution >= 0.6 is 0 Å². The second kappa shape index (κ2) is 8.32. The van der Waals surface area contributed by atoms with E-state index < -0.39 is 5.66 Å². The number of anilines is 1. The van der Waals surface area contributed by atoms with Gasteiger partial charge in [0.1, 0.15) is 0 Å². The molecule has 3 aliphatic rings. The van der Waals surface area contributed by atoms with E-state index in [2.05, 4.69) is 5.32 Å². The zero-order valence-electron chi connectivity index (χ0n) is 18.2. The van der Waals surface area contributed by atoms with Gasteiger partial charge in [-0.1, -0.05) is 12.1 Å². The highest BCUT2D eigenvalue weighted by atomic mass is 16.2. The standard InChI is InChI=1S/C23H30N4O4/c1-3-25(4-2)19(28)10-7-15-24-22(31)23-14-13-20(29)27(23)18-9-6-5-8-17(18)21(30)26(23)16-11-12-16/h5-6,8-9,16H,3-4,7,10-15H2,1-2H3,(H,24,31)/t23-/m0/s1. The molecule has 2 fully saturated rings. The Morgan fingerprint density at radius 2 is 1.87 bits per heavy atom. The Bertz CT molecular complexity index is 909. The van der Waals surface area contributed by atoms with Crippen molar-refractivity contribution in [1.29, 1.82) is 0 Å². The summed E-state index contributed by atoms with van der Waals surface area (Å²) >= 11 is 0. The van der Waals surface area contributed by atoms with Crippen LogP contribution in [0.3, 0.4) is 0 Å². The molecule has 0 unspecified atom stereocenters. The van der Waals surface area contributed by atoms with E-state index >= 15 is 0 Å². The normalized spacial score (nSPS) is 22.3. The molecule has 1 saturated heterocycles. The highest BCUT2D eigenvalue weighted by Gasteiger charge is 2.63. The summed E-state index contributed by atoms with van der Waals surface area (Å²) in [4.78, 5) is 57.0. The molecular weight excluding hydrogens is 396 g/mol. The number of rotatable bonds is 8. The molecule has 2 aliphatic heterocycles. The Morgan fingerprint density at radius 3 is 2.55 bits per heavy atom. The van der Waals surface area contributed by atoms with E-state index in [9.17, 15) is 19.2 Å². The molecular formula is C23H30N4O4. The summed E-state index contributed by atoms with van der Waals surface area (Å²) < 4.78 is 0. The quantitative estimate of drug-likeness (QED) is 0.643. The lowest BCUT2D eigenvalue weighted by atomic mass is 9.95. The Balaban J connectivity index is 1.55. The molecule has 4 amide bonds. The van der Waals surface area contributed by atoms with Crippen molar-refractivity contribution in [3.63, 3.8) is 0 Å². The topological polar surface area (TPSA) is 90.0 Å². The van der Waals surface area contributed by atoms with Crippen LogP contribution in [0.4, 0.5) is 5.69 Å². The number of para-hydroxylation sites is 1. The lowest BCUT2D eigenvalue weighted by molar-refractivity contribution is -0.134. The molecule has 0 bridgehead atoms. The molecule has 0 aromatic heterocycles. The Morgan fingerprint density at radius 1 is 1.16 bits per heavy atom. The van der Waals surface area contributed by atoms with E-state index in [1.807, 2.05) is 13.8 Å². The summed E-state index contributed by atoms with van der Waals surface area (Å²) in [5.74, 6) is -0.590. The summed E-state index contributed by atoms with van der Waals surface area (Å²) in [6.45, 7) is 5.54. The van der Waals surface area contributed by atoms with E-state index in [0.717, 1.165) is 12.8 Å². The lowest BCUT2D eigenvalue weighted by Crippen LogP contribution is -2.71. The Kier molecular flexibility index (Phi) is 5.73. The third-order valence-electron chi connectivity index (χ3n) is 6.54. The third-order valence-corrected chi connectivity index (χ3v) is 6.54. The Hall–Kier alpha value is -2.90. The molecule has 1 saturated carbocycles. The van der Waals surface area contributed by atoms with Crippen LogP contribution in [0.15, 0.2) is 24.3 Å². The van der Waals surface area contributed by atoms with Gasteiger partial charge < -0.3 is 15.1 Å². The molecule has 8 nitrogen and oxygen atoms in total. The number of amides is 4. The van der Waals surface area contributed by atoms with E-state index in [0.29, 0.717) is 43.7 Å². The van der Waals surface area contributed by atoms with E-state index in [1.54, 1.807) is 39.0 Å². The van der Waals surface area contributed by atoms with E-state index in [-0.39, 0.29) is 42.5 Å². The van der Waals surface area contributed by atoms with Crippen LogP contribution in [0.2, 0.25) is 0 Å². The predicted octanol–water partition coefficient (Wildman–Crippen LogP) is 1.89. The number of benzene rings is 1. The first kappa shape index (κ1) is 21.3. The number of carbonyl (C=O) groups excluding carboxylic acids is 4. The van der Waals surface area contributed by atoms with Crippen molar-refractivity contribution in [3.8, 4) is 0 Å². The van der Waals surface area contributed by atoms with Crippen molar-refractivity contribution in [1.82, 2.24) is 15.1 Å². The van der Waals surface area contributed by atoms with Gasteiger partial charge in [0.15, 0.2) is 0 Å². The van der Waals surface area contributed by atoms with Gasteiger partial charge in [0.25, 0.3) is 11.8 Å². The fourth-order valence-electron chi connectivity index (χ4n) is 4.86. The average Bonchev–Trinajstić information content (AvgIpc) is 3.54. The van der Waals surface area contributed by atoms with Gasteiger partial charge in [-0.25, -0.2) is 0 Å². The number of carbonyl (C=O) groups is 4. The maximum absolute atomic E-state index is 13.5. The zero-order chi connectivity index (χ0) is 22.2. The van der Waals surface area contributed by atoms with Gasteiger partial charge in [0, 0.05) is 44.9 Å². The predicted molar refractivity (Wildman–Crippen MR) is 115 cm³/mol. The number of nitrogens with one attached hydrogen (secondary N) is 1. The van der Waals surface area contributed by atoms with Gasteiger partial charge in [-0.15, -0.1) is 0 Å². The monoisotopic (exact) mass is 426 g/mol. The SMILES string of the molecule is CCN(CC)C(=O)CCCNC(=O)[C@]12CCC(=O)N1c1ccccc1C(=O)N2C1CC1. The van der Waals surface area contributed by atoms with Gasteiger partial charge in [-0.3, -0.25) is 24.1 Å². The molecule has 1 aliphatic carbocycles. The van der Waals surface area contributed by atoms with Crippen LogP contribution in [0.1, 0.15) is 62.7 Å². The minimum atomic E-state index is -1.31. The minimum absolute atomic E-state index is 0.0238. The molecule has 2 heterocycles. The summed E-state index contributed by atoms with van der Waals surface area (Å²) in [7, 11) is 0. The van der Waals surface area contributed by atoms with Crippen molar-refractivity contribution >= 4 is 29.3 Å². The second-order valence-corrected chi connectivity index (χ2v) is 8.39. The van der Waals surface area contributed by atoms with Crippen LogP contribution in [-0.2, 0) is 14.4 Å². The first-order valence-electron chi connectivity index (χ1n) is 11.3. The molecule has 4 rings (SSSR count). The fourth-order valence-corrected chi connectivity index (χ4v) is 4.86. The molecule has 1 aromatic carbocycles. The van der Waals surface area contributed by atoms with Gasteiger partial charge in [-0.2, -0.15) is 0 Å². The highest BCUT2D eigenvalue weighted by Crippen LogP contribution is 2.48. The summed E-state index contributed by atoms with van der Waals surface area (Å²) in [6.07, 6.45) is 3.04. The van der Waals surface area contributed by atoms with Crippen molar-refractivity contribution in [2.45, 2.75) is 64.1 Å². The highest BCUT2D eigenvalue weighted by molar-refractivity contribution is 6.16. The number of hydrogen-bond donors (Lipinski definition) is 1. The molecule has 8 heteroatoms. The smallest absolute Gasteiger partial charge is 0.267 e. The molecule has 1 aromatic rings. The molecule has 166 valence electrons. The molecule has 1 atom stereocenters. The molecule has 0 spiro atoms. The van der Waals surface area contributed by atoms with Gasteiger partial charge in [0.05, 0.1) is 11.3 Å². The van der Waals surface area contributed by atoms with Gasteiger partial charge in [-0.05, 0) is 45.2 Å². The minimum Gasteiger partial charge on any atom is -0.352 e. The maximum atomic E-state index is 13.5. The van der Waals surface area contributed by atoms with Crippen LogP contribution in [0.5, 0.6) is 0 Å².